The van der Waals surface area contributed by atoms with Crippen molar-refractivity contribution in [2.45, 2.75) is 39.0 Å². The van der Waals surface area contributed by atoms with E-state index in [9.17, 15) is 10.1 Å². The van der Waals surface area contributed by atoms with Gasteiger partial charge in [0, 0.05) is 10.4 Å². The molecule has 0 spiro atoms. The van der Waals surface area contributed by atoms with Crippen molar-refractivity contribution in [1.29, 1.82) is 5.26 Å². The first-order valence-corrected chi connectivity index (χ1v) is 10.2. The highest BCUT2D eigenvalue weighted by atomic mass is 32.1. The van der Waals surface area contributed by atoms with Crippen LogP contribution in [0, 0.1) is 11.3 Å². The third-order valence-electron chi connectivity index (χ3n) is 4.33. The standard InChI is InChI=1S/C20H21N3O2S2/c1-2-11-25-14-9-7-13(8-10-14)18(24)22-20(26)23-19-16(12-21)15-5-3-4-6-17(15)27-19/h7-10H,2-6,11H2,1H3,(H2,22,23,24,26). The number of nitrogens with one attached hydrogen (secondary N) is 2. The van der Waals surface area contributed by atoms with Crippen molar-refractivity contribution in [3.63, 3.8) is 0 Å². The number of ether oxygens (including phenoxy) is 1. The van der Waals surface area contributed by atoms with Crippen molar-refractivity contribution in [1.82, 2.24) is 5.32 Å². The van der Waals surface area contributed by atoms with Crippen LogP contribution in [0.4, 0.5) is 5.00 Å². The van der Waals surface area contributed by atoms with Crippen LogP contribution in [-0.4, -0.2) is 17.6 Å². The molecule has 0 bridgehead atoms. The summed E-state index contributed by atoms with van der Waals surface area (Å²) in [5.41, 5.74) is 2.28. The maximum atomic E-state index is 12.4. The lowest BCUT2D eigenvalue weighted by Crippen LogP contribution is -2.34. The zero-order chi connectivity index (χ0) is 19.2. The molecule has 7 heteroatoms. The number of carbonyl (C=O) groups excluding carboxylic acids is 1. The monoisotopic (exact) mass is 399 g/mol. The van der Waals surface area contributed by atoms with Crippen LogP contribution >= 0.6 is 23.6 Å². The van der Waals surface area contributed by atoms with Crippen molar-refractivity contribution in [3.8, 4) is 11.8 Å². The topological polar surface area (TPSA) is 74.2 Å². The third-order valence-corrected chi connectivity index (χ3v) is 5.74. The molecule has 1 aliphatic rings. The number of hydrogen-bond acceptors (Lipinski definition) is 5. The fourth-order valence-corrected chi connectivity index (χ4v) is 4.51. The summed E-state index contributed by atoms with van der Waals surface area (Å²) in [5, 5.41) is 16.1. The number of benzene rings is 1. The average Bonchev–Trinajstić information content (AvgIpc) is 3.03. The van der Waals surface area contributed by atoms with Gasteiger partial charge in [-0.2, -0.15) is 5.26 Å². The quantitative estimate of drug-likeness (QED) is 0.728. The molecule has 140 valence electrons. The Kier molecular flexibility index (Phi) is 6.43. The minimum atomic E-state index is -0.297. The van der Waals surface area contributed by atoms with Gasteiger partial charge in [-0.1, -0.05) is 6.92 Å². The Morgan fingerprint density at radius 1 is 1.30 bits per heavy atom. The van der Waals surface area contributed by atoms with Gasteiger partial charge in [-0.25, -0.2) is 0 Å². The lowest BCUT2D eigenvalue weighted by molar-refractivity contribution is 0.0977. The molecule has 0 aliphatic heterocycles. The summed E-state index contributed by atoms with van der Waals surface area (Å²) < 4.78 is 5.52. The van der Waals surface area contributed by atoms with Gasteiger partial charge in [0.25, 0.3) is 5.91 Å². The number of anilines is 1. The molecule has 2 N–H and O–H groups in total. The third kappa shape index (κ3) is 4.65. The van der Waals surface area contributed by atoms with Gasteiger partial charge in [0.1, 0.15) is 16.8 Å². The van der Waals surface area contributed by atoms with Crippen molar-refractivity contribution in [2.24, 2.45) is 0 Å². The highest BCUT2D eigenvalue weighted by molar-refractivity contribution is 7.80. The summed E-state index contributed by atoms with van der Waals surface area (Å²) in [4.78, 5) is 13.6. The highest BCUT2D eigenvalue weighted by Gasteiger charge is 2.21. The van der Waals surface area contributed by atoms with Gasteiger partial charge in [-0.15, -0.1) is 11.3 Å². The Hall–Kier alpha value is -2.43. The van der Waals surface area contributed by atoms with E-state index in [1.165, 1.54) is 4.88 Å². The molecular formula is C20H21N3O2S2. The number of hydrogen-bond donors (Lipinski definition) is 2. The van der Waals surface area contributed by atoms with Gasteiger partial charge < -0.3 is 10.1 Å². The molecule has 2 aromatic rings. The molecule has 1 amide bonds. The molecule has 1 heterocycles. The molecule has 0 saturated carbocycles. The first kappa shape index (κ1) is 19.3. The van der Waals surface area contributed by atoms with Gasteiger partial charge in [-0.3, -0.25) is 10.1 Å². The zero-order valence-corrected chi connectivity index (χ0v) is 16.8. The molecule has 0 atom stereocenters. The lowest BCUT2D eigenvalue weighted by atomic mass is 9.96. The minimum absolute atomic E-state index is 0.196. The zero-order valence-electron chi connectivity index (χ0n) is 15.1. The largest absolute Gasteiger partial charge is 0.494 e. The number of fused-ring (bicyclic) bond motifs is 1. The van der Waals surface area contributed by atoms with Gasteiger partial charge in [0.15, 0.2) is 5.11 Å². The fraction of sp³-hybridized carbons (Fsp3) is 0.350. The van der Waals surface area contributed by atoms with E-state index in [1.54, 1.807) is 35.6 Å². The SMILES string of the molecule is CCCOc1ccc(C(=O)NC(=S)Nc2sc3c(c2C#N)CCCC3)cc1. The Morgan fingerprint density at radius 3 is 2.74 bits per heavy atom. The van der Waals surface area contributed by atoms with E-state index in [0.29, 0.717) is 17.7 Å². The van der Waals surface area contributed by atoms with Gasteiger partial charge in [-0.05, 0) is 74.2 Å². The summed E-state index contributed by atoms with van der Waals surface area (Å²) in [7, 11) is 0. The van der Waals surface area contributed by atoms with Crippen LogP contribution in [-0.2, 0) is 12.8 Å². The van der Waals surface area contributed by atoms with Gasteiger partial charge >= 0.3 is 0 Å². The van der Waals surface area contributed by atoms with E-state index in [1.807, 2.05) is 6.92 Å². The number of amides is 1. The average molecular weight is 400 g/mol. The number of carbonyl (C=O) groups is 1. The van der Waals surface area contributed by atoms with Crippen LogP contribution in [0.2, 0.25) is 0 Å². The molecule has 1 aliphatic carbocycles. The predicted octanol–water partition coefficient (Wildman–Crippen LogP) is 4.41. The van der Waals surface area contributed by atoms with E-state index in [2.05, 4.69) is 16.7 Å². The summed E-state index contributed by atoms with van der Waals surface area (Å²) in [6.07, 6.45) is 5.12. The Bertz CT molecular complexity index is 882. The van der Waals surface area contributed by atoms with E-state index in [4.69, 9.17) is 17.0 Å². The fourth-order valence-electron chi connectivity index (χ4n) is 3.00. The Balaban J connectivity index is 1.63. The van der Waals surface area contributed by atoms with Crippen molar-refractivity contribution in [2.75, 3.05) is 11.9 Å². The second-order valence-electron chi connectivity index (χ2n) is 6.31. The van der Waals surface area contributed by atoms with Gasteiger partial charge in [0.05, 0.1) is 12.2 Å². The molecule has 1 aromatic heterocycles. The van der Waals surface area contributed by atoms with Crippen LogP contribution in [0.15, 0.2) is 24.3 Å². The van der Waals surface area contributed by atoms with Crippen LogP contribution in [0.3, 0.4) is 0 Å². The van der Waals surface area contributed by atoms with E-state index >= 15 is 0 Å². The molecule has 0 unspecified atom stereocenters. The van der Waals surface area contributed by atoms with Crippen LogP contribution in [0.25, 0.3) is 0 Å². The molecule has 0 radical (unpaired) electrons. The smallest absolute Gasteiger partial charge is 0.257 e. The number of thiophene rings is 1. The molecule has 1 aromatic carbocycles. The summed E-state index contributed by atoms with van der Waals surface area (Å²) in [6, 6.07) is 9.21. The molecule has 3 rings (SSSR count). The van der Waals surface area contributed by atoms with Crippen LogP contribution < -0.4 is 15.4 Å². The molecular weight excluding hydrogens is 378 g/mol. The molecule has 0 fully saturated rings. The molecule has 27 heavy (non-hydrogen) atoms. The molecule has 0 saturated heterocycles. The van der Waals surface area contributed by atoms with E-state index < -0.39 is 0 Å². The van der Waals surface area contributed by atoms with Crippen molar-refractivity contribution >= 4 is 39.6 Å². The van der Waals surface area contributed by atoms with E-state index in [0.717, 1.165) is 48.4 Å². The number of aryl methyl sites for hydroxylation is 1. The minimum Gasteiger partial charge on any atom is -0.494 e. The number of nitrogens with zero attached hydrogens (tertiary/aromatic N) is 1. The number of thiocarbonyl (C=S) groups is 1. The summed E-state index contributed by atoms with van der Waals surface area (Å²) in [6.45, 7) is 2.68. The maximum Gasteiger partial charge on any atom is 0.257 e. The van der Waals surface area contributed by atoms with Crippen LogP contribution in [0.5, 0.6) is 5.75 Å². The maximum absolute atomic E-state index is 12.4. The Morgan fingerprint density at radius 2 is 2.04 bits per heavy atom. The first-order valence-electron chi connectivity index (χ1n) is 9.02. The van der Waals surface area contributed by atoms with Crippen molar-refractivity contribution < 1.29 is 9.53 Å². The molecule has 5 nitrogen and oxygen atoms in total. The first-order chi connectivity index (χ1) is 13.1. The second kappa shape index (κ2) is 8.98. The summed E-state index contributed by atoms with van der Waals surface area (Å²) in [5.74, 6) is 0.436. The van der Waals surface area contributed by atoms with E-state index in [-0.39, 0.29) is 11.0 Å². The number of rotatable bonds is 5. The normalized spacial score (nSPS) is 12.6. The second-order valence-corrected chi connectivity index (χ2v) is 7.82. The van der Waals surface area contributed by atoms with Gasteiger partial charge in [0.2, 0.25) is 0 Å². The highest BCUT2D eigenvalue weighted by Crippen LogP contribution is 2.37. The van der Waals surface area contributed by atoms with Crippen LogP contribution in [0.1, 0.15) is 52.5 Å². The predicted molar refractivity (Wildman–Crippen MR) is 112 cm³/mol. The summed E-state index contributed by atoms with van der Waals surface area (Å²) >= 11 is 6.83. The lowest BCUT2D eigenvalue weighted by Gasteiger charge is -2.10. The Labute approximate surface area is 168 Å². The van der Waals surface area contributed by atoms with Crippen molar-refractivity contribution in [3.05, 3.63) is 45.8 Å². The number of nitriles is 1.